The second-order valence-electron chi connectivity index (χ2n) is 3.15. The summed E-state index contributed by atoms with van der Waals surface area (Å²) in [6, 6.07) is 4.53. The first kappa shape index (κ1) is 15.1. The molecule has 1 heterocycles. The summed E-state index contributed by atoms with van der Waals surface area (Å²) in [4.78, 5) is 0.276. The highest BCUT2D eigenvalue weighted by atomic mass is 32.2. The van der Waals surface area contributed by atoms with Gasteiger partial charge < -0.3 is 0 Å². The van der Waals surface area contributed by atoms with Crippen molar-refractivity contribution >= 4 is 31.4 Å². The van der Waals surface area contributed by atoms with E-state index in [0.717, 1.165) is 11.3 Å². The molecule has 0 fully saturated rings. The smallest absolute Gasteiger partial charge is 0.218 e. The highest BCUT2D eigenvalue weighted by molar-refractivity contribution is 7.92. The number of sulfonamides is 2. The zero-order chi connectivity index (χ0) is 13.8. The molecule has 1 aromatic heterocycles. The molecule has 0 aliphatic rings. The van der Waals surface area contributed by atoms with Gasteiger partial charge in [0.2, 0.25) is 20.0 Å². The van der Waals surface area contributed by atoms with Crippen LogP contribution in [0.2, 0.25) is 0 Å². The Labute approximate surface area is 110 Å². The normalized spacial score (nSPS) is 12.2. The zero-order valence-electron chi connectivity index (χ0n) is 9.37. The fourth-order valence-electron chi connectivity index (χ4n) is 1.01. The average molecular weight is 309 g/mol. The standard InChI is InChI=1S/C8H11N3O4S3/c1-10-17(12,13)5-4-11-18(14,15)8-3-2-7(6-9)16-8/h2-3,10-11H,4-5H2,1H3. The molecule has 0 atom stereocenters. The van der Waals surface area contributed by atoms with Crippen LogP contribution in [0, 0.1) is 11.3 Å². The molecule has 0 unspecified atom stereocenters. The van der Waals surface area contributed by atoms with Gasteiger partial charge in [0.1, 0.15) is 15.2 Å². The monoisotopic (exact) mass is 309 g/mol. The maximum atomic E-state index is 11.7. The van der Waals surface area contributed by atoms with E-state index in [2.05, 4.69) is 9.44 Å². The minimum Gasteiger partial charge on any atom is -0.218 e. The van der Waals surface area contributed by atoms with E-state index in [1.807, 2.05) is 6.07 Å². The van der Waals surface area contributed by atoms with Crippen molar-refractivity contribution in [1.29, 1.82) is 5.26 Å². The molecule has 7 nitrogen and oxygen atoms in total. The van der Waals surface area contributed by atoms with Crippen LogP contribution in [0.5, 0.6) is 0 Å². The van der Waals surface area contributed by atoms with Gasteiger partial charge in [-0.2, -0.15) is 5.26 Å². The lowest BCUT2D eigenvalue weighted by Crippen LogP contribution is -2.32. The van der Waals surface area contributed by atoms with Crippen LogP contribution >= 0.6 is 11.3 Å². The summed E-state index contributed by atoms with van der Waals surface area (Å²) in [7, 11) is -5.95. The summed E-state index contributed by atoms with van der Waals surface area (Å²) >= 11 is 0.827. The van der Waals surface area contributed by atoms with Gasteiger partial charge in [0.05, 0.1) is 5.75 Å². The summed E-state index contributed by atoms with van der Waals surface area (Å²) in [5.41, 5.74) is 0. The molecule has 0 bridgehead atoms. The predicted molar refractivity (Wildman–Crippen MR) is 67.1 cm³/mol. The van der Waals surface area contributed by atoms with E-state index in [1.165, 1.54) is 19.2 Å². The maximum Gasteiger partial charge on any atom is 0.250 e. The Hall–Kier alpha value is -0.990. The van der Waals surface area contributed by atoms with Crippen LogP contribution in [0.4, 0.5) is 0 Å². The molecule has 0 amide bonds. The van der Waals surface area contributed by atoms with Gasteiger partial charge in [-0.1, -0.05) is 0 Å². The van der Waals surface area contributed by atoms with Gasteiger partial charge in [0, 0.05) is 6.54 Å². The van der Waals surface area contributed by atoms with Gasteiger partial charge >= 0.3 is 0 Å². The SMILES string of the molecule is CNS(=O)(=O)CCNS(=O)(=O)c1ccc(C#N)s1. The molecule has 1 rings (SSSR count). The third-order valence-electron chi connectivity index (χ3n) is 1.93. The minimum absolute atomic E-state index is 0.0131. The quantitative estimate of drug-likeness (QED) is 0.731. The average Bonchev–Trinajstić information content (AvgIpc) is 2.77. The van der Waals surface area contributed by atoms with Crippen molar-refractivity contribution < 1.29 is 16.8 Å². The molecule has 1 aromatic rings. The molecule has 10 heteroatoms. The highest BCUT2D eigenvalue weighted by Crippen LogP contribution is 2.20. The van der Waals surface area contributed by atoms with E-state index in [4.69, 9.17) is 5.26 Å². The number of hydrogen-bond acceptors (Lipinski definition) is 6. The number of nitrogens with one attached hydrogen (secondary N) is 2. The van der Waals surface area contributed by atoms with Crippen LogP contribution in [0.3, 0.4) is 0 Å². The van der Waals surface area contributed by atoms with Crippen molar-refractivity contribution in [3.63, 3.8) is 0 Å². The second kappa shape index (κ2) is 5.77. The molecule has 18 heavy (non-hydrogen) atoms. The van der Waals surface area contributed by atoms with Gasteiger partial charge in [-0.25, -0.2) is 26.3 Å². The number of nitriles is 1. The highest BCUT2D eigenvalue weighted by Gasteiger charge is 2.17. The Balaban J connectivity index is 2.70. The molecule has 0 aliphatic carbocycles. The van der Waals surface area contributed by atoms with Crippen molar-refractivity contribution in [3.05, 3.63) is 17.0 Å². The molecule has 0 aromatic carbocycles. The Morgan fingerprint density at radius 3 is 2.50 bits per heavy atom. The van der Waals surface area contributed by atoms with E-state index in [0.29, 0.717) is 0 Å². The summed E-state index contributed by atoms with van der Waals surface area (Å²) < 4.78 is 49.8. The van der Waals surface area contributed by atoms with Crippen molar-refractivity contribution in [2.45, 2.75) is 4.21 Å². The fourth-order valence-corrected chi connectivity index (χ4v) is 3.89. The Kier molecular flexibility index (Phi) is 4.83. The van der Waals surface area contributed by atoms with Gasteiger partial charge in [-0.15, -0.1) is 11.3 Å². The Bertz CT molecular complexity index is 654. The summed E-state index contributed by atoms with van der Waals surface area (Å²) in [5.74, 6) is -0.348. The number of thiophene rings is 1. The third-order valence-corrected chi connectivity index (χ3v) is 6.24. The first-order valence-corrected chi connectivity index (χ1v) is 8.67. The van der Waals surface area contributed by atoms with Gasteiger partial charge in [-0.3, -0.25) is 0 Å². The number of rotatable bonds is 6. The lowest BCUT2D eigenvalue weighted by Gasteiger charge is -2.04. The van der Waals surface area contributed by atoms with Crippen LogP contribution in [0.1, 0.15) is 4.88 Å². The molecular formula is C8H11N3O4S3. The predicted octanol–water partition coefficient (Wildman–Crippen LogP) is -0.553. The largest absolute Gasteiger partial charge is 0.250 e. The minimum atomic E-state index is -3.76. The molecule has 0 spiro atoms. The Morgan fingerprint density at radius 2 is 2.00 bits per heavy atom. The van der Waals surface area contributed by atoms with E-state index in [1.54, 1.807) is 0 Å². The summed E-state index contributed by atoms with van der Waals surface area (Å²) in [6.45, 7) is -0.231. The van der Waals surface area contributed by atoms with Crippen LogP contribution in [0.15, 0.2) is 16.3 Å². The third kappa shape index (κ3) is 4.04. The zero-order valence-corrected chi connectivity index (χ0v) is 11.8. The van der Waals surface area contributed by atoms with E-state index < -0.39 is 20.0 Å². The molecule has 0 radical (unpaired) electrons. The van der Waals surface area contributed by atoms with Crippen molar-refractivity contribution in [3.8, 4) is 6.07 Å². The molecule has 0 saturated carbocycles. The van der Waals surface area contributed by atoms with Crippen LogP contribution in [-0.2, 0) is 20.0 Å². The van der Waals surface area contributed by atoms with Crippen LogP contribution in [0.25, 0.3) is 0 Å². The van der Waals surface area contributed by atoms with Crippen molar-refractivity contribution in [2.24, 2.45) is 0 Å². The first-order chi connectivity index (χ1) is 8.30. The summed E-state index contributed by atoms with van der Waals surface area (Å²) in [6.07, 6.45) is 0. The number of hydrogen-bond donors (Lipinski definition) is 2. The topological polar surface area (TPSA) is 116 Å². The van der Waals surface area contributed by atoms with Crippen molar-refractivity contribution in [1.82, 2.24) is 9.44 Å². The second-order valence-corrected chi connectivity index (χ2v) is 8.27. The lowest BCUT2D eigenvalue weighted by atomic mass is 10.5. The van der Waals surface area contributed by atoms with Gasteiger partial charge in [-0.05, 0) is 19.2 Å². The summed E-state index contributed by atoms with van der Waals surface area (Å²) in [5, 5.41) is 8.59. The molecule has 2 N–H and O–H groups in total. The van der Waals surface area contributed by atoms with E-state index in [9.17, 15) is 16.8 Å². The van der Waals surface area contributed by atoms with Crippen LogP contribution in [-0.4, -0.2) is 36.2 Å². The fraction of sp³-hybridized carbons (Fsp3) is 0.375. The van der Waals surface area contributed by atoms with E-state index >= 15 is 0 Å². The lowest BCUT2D eigenvalue weighted by molar-refractivity contribution is 0.580. The van der Waals surface area contributed by atoms with Crippen LogP contribution < -0.4 is 9.44 Å². The molecule has 0 saturated heterocycles. The first-order valence-electron chi connectivity index (χ1n) is 4.71. The molecular weight excluding hydrogens is 298 g/mol. The van der Waals surface area contributed by atoms with Crippen molar-refractivity contribution in [2.75, 3.05) is 19.3 Å². The molecule has 0 aliphatic heterocycles. The van der Waals surface area contributed by atoms with E-state index in [-0.39, 0.29) is 21.4 Å². The van der Waals surface area contributed by atoms with Gasteiger partial charge in [0.25, 0.3) is 0 Å². The maximum absolute atomic E-state index is 11.7. The molecule has 100 valence electrons. The Morgan fingerprint density at radius 1 is 1.33 bits per heavy atom. The van der Waals surface area contributed by atoms with Gasteiger partial charge in [0.15, 0.2) is 0 Å². The number of nitrogens with zero attached hydrogens (tertiary/aromatic N) is 1.